The zero-order chi connectivity index (χ0) is 14.9. The Hall–Kier alpha value is -1.09. The maximum atomic E-state index is 11.8. The van der Waals surface area contributed by atoms with Crippen molar-refractivity contribution in [2.24, 2.45) is 5.50 Å². The Kier molecular flexibility index (Phi) is 4.69. The summed E-state index contributed by atoms with van der Waals surface area (Å²) in [5.41, 5.74) is 10.7. The van der Waals surface area contributed by atoms with Gasteiger partial charge in [-0.25, -0.2) is 4.79 Å². The number of anilines is 1. The predicted molar refractivity (Wildman–Crippen MR) is 71.5 cm³/mol. The van der Waals surface area contributed by atoms with E-state index in [0.717, 1.165) is 0 Å². The number of aromatic nitrogens is 2. The highest BCUT2D eigenvalue weighted by atomic mass is 31.2. The average molecular weight is 304 g/mol. The molecule has 1 unspecified atom stereocenters. The summed E-state index contributed by atoms with van der Waals surface area (Å²) < 4.78 is 11.7. The van der Waals surface area contributed by atoms with Crippen LogP contribution < -0.4 is 16.9 Å². The minimum atomic E-state index is -2.01. The average Bonchev–Trinajstić information content (AvgIpc) is 2.72. The van der Waals surface area contributed by atoms with Gasteiger partial charge in [0.25, 0.3) is 0 Å². The van der Waals surface area contributed by atoms with E-state index in [9.17, 15) is 9.90 Å². The lowest BCUT2D eigenvalue weighted by Gasteiger charge is -2.17. The second-order valence-corrected chi connectivity index (χ2v) is 5.39. The Bertz CT molecular complexity index is 537. The van der Waals surface area contributed by atoms with Crippen LogP contribution in [0.25, 0.3) is 0 Å². The molecule has 2 rings (SSSR count). The Balaban J connectivity index is 2.12. The third kappa shape index (κ3) is 3.32. The van der Waals surface area contributed by atoms with Gasteiger partial charge in [0.2, 0.25) is 8.53 Å². The Labute approximate surface area is 116 Å². The highest BCUT2D eigenvalue weighted by Gasteiger charge is 2.36. The van der Waals surface area contributed by atoms with E-state index in [-0.39, 0.29) is 18.8 Å². The van der Waals surface area contributed by atoms with Gasteiger partial charge in [-0.1, -0.05) is 0 Å². The van der Waals surface area contributed by atoms with Crippen LogP contribution in [-0.4, -0.2) is 38.4 Å². The Morgan fingerprint density at radius 2 is 2.40 bits per heavy atom. The monoisotopic (exact) mass is 304 g/mol. The van der Waals surface area contributed by atoms with E-state index < -0.39 is 32.7 Å². The first-order valence-corrected chi connectivity index (χ1v) is 7.22. The summed E-state index contributed by atoms with van der Waals surface area (Å²) in [5, 5.41) is 9.87. The van der Waals surface area contributed by atoms with Gasteiger partial charge < -0.3 is 25.0 Å². The zero-order valence-corrected chi connectivity index (χ0v) is 11.7. The van der Waals surface area contributed by atoms with E-state index >= 15 is 0 Å². The van der Waals surface area contributed by atoms with Crippen molar-refractivity contribution < 1.29 is 19.3 Å². The van der Waals surface area contributed by atoms with Gasteiger partial charge in [-0.05, 0) is 6.92 Å². The van der Waals surface area contributed by atoms with Gasteiger partial charge in [0.15, 0.2) is 0 Å². The predicted octanol–water partition coefficient (Wildman–Crippen LogP) is -1.02. The van der Waals surface area contributed by atoms with Gasteiger partial charge >= 0.3 is 5.69 Å². The van der Waals surface area contributed by atoms with Crippen LogP contribution in [0.1, 0.15) is 18.2 Å². The molecule has 0 aromatic carbocycles. The smallest absolute Gasteiger partial charge is 0.351 e. The lowest BCUT2D eigenvalue weighted by atomic mass is 10.2. The Morgan fingerprint density at radius 1 is 1.70 bits per heavy atom. The fourth-order valence-electron chi connectivity index (χ4n) is 1.97. The van der Waals surface area contributed by atoms with Crippen LogP contribution in [-0.2, 0) is 9.26 Å². The fourth-order valence-corrected chi connectivity index (χ4v) is 2.27. The highest BCUT2D eigenvalue weighted by molar-refractivity contribution is 7.43. The fraction of sp³-hybridized carbons (Fsp3) is 0.600. The number of hydrogen-bond donors (Lipinski definition) is 4. The number of aliphatic hydroxyl groups is 1. The van der Waals surface area contributed by atoms with Crippen LogP contribution in [0.3, 0.4) is 0 Å². The number of aliphatic hydroxyl groups excluding tert-OH is 1. The second kappa shape index (κ2) is 6.13. The first-order valence-electron chi connectivity index (χ1n) is 5.94. The number of hydrogen-bond acceptors (Lipinski definition) is 8. The molecule has 0 aliphatic carbocycles. The molecule has 4 atom stereocenters. The normalized spacial score (nSPS) is 27.7. The van der Waals surface area contributed by atoms with Crippen LogP contribution in [0.4, 0.5) is 5.82 Å². The van der Waals surface area contributed by atoms with Crippen LogP contribution in [0.5, 0.6) is 0 Å². The van der Waals surface area contributed by atoms with Gasteiger partial charge in [-0.2, -0.15) is 4.98 Å². The molecule has 1 aliphatic rings. The topological polar surface area (TPSA) is 146 Å². The van der Waals surface area contributed by atoms with Crippen molar-refractivity contribution in [2.75, 3.05) is 12.3 Å². The molecule has 9 nitrogen and oxygen atoms in total. The van der Waals surface area contributed by atoms with Gasteiger partial charge in [-0.15, -0.1) is 0 Å². The summed E-state index contributed by atoms with van der Waals surface area (Å²) in [6, 6.07) is 0. The second-order valence-electron chi connectivity index (χ2n) is 4.53. The van der Waals surface area contributed by atoms with E-state index in [2.05, 4.69) is 4.98 Å². The van der Waals surface area contributed by atoms with Crippen LogP contribution in [0.2, 0.25) is 0 Å². The first kappa shape index (κ1) is 15.3. The lowest BCUT2D eigenvalue weighted by molar-refractivity contribution is -0.0406. The summed E-state index contributed by atoms with van der Waals surface area (Å²) in [4.78, 5) is 24.4. The molecule has 1 aromatic rings. The summed E-state index contributed by atoms with van der Waals surface area (Å²) in [7, 11) is -2.01. The SMILES string of the molecule is Cc1cn([C@H]2C[C@H](O)[C@@H](COP(N)O)O2)c(=O)nc1N. The maximum Gasteiger partial charge on any atom is 0.351 e. The molecule has 1 aliphatic heterocycles. The lowest BCUT2D eigenvalue weighted by Crippen LogP contribution is -2.29. The van der Waals surface area contributed by atoms with Gasteiger partial charge in [0.1, 0.15) is 18.1 Å². The van der Waals surface area contributed by atoms with E-state index in [4.69, 9.17) is 25.4 Å². The van der Waals surface area contributed by atoms with E-state index in [1.165, 1.54) is 10.8 Å². The van der Waals surface area contributed by atoms with Gasteiger partial charge in [0.05, 0.1) is 12.7 Å². The van der Waals surface area contributed by atoms with Crippen LogP contribution in [0.15, 0.2) is 11.0 Å². The largest absolute Gasteiger partial charge is 0.390 e. The molecular formula is C10H17N4O5P. The molecule has 20 heavy (non-hydrogen) atoms. The molecule has 2 heterocycles. The molecule has 10 heteroatoms. The van der Waals surface area contributed by atoms with Crippen molar-refractivity contribution in [1.82, 2.24) is 9.55 Å². The standard InChI is InChI=1S/C10H17N4O5P/c1-5-3-14(10(16)13-9(5)11)8-2-6(15)7(19-8)4-18-20(12)17/h3,6-8,15,17H,2,4,12H2,1H3,(H2,11,13,16)/t6-,7+,8+,20?/m0/s1. The van der Waals surface area contributed by atoms with E-state index in [0.29, 0.717) is 5.56 Å². The third-order valence-electron chi connectivity index (χ3n) is 3.06. The minimum absolute atomic E-state index is 0.0491. The molecule has 112 valence electrons. The van der Waals surface area contributed by atoms with Crippen LogP contribution >= 0.6 is 8.53 Å². The molecule has 6 N–H and O–H groups in total. The maximum absolute atomic E-state index is 11.8. The molecule has 0 radical (unpaired) electrons. The molecule has 1 aromatic heterocycles. The van der Waals surface area contributed by atoms with Gasteiger partial charge in [-0.3, -0.25) is 10.1 Å². The summed E-state index contributed by atoms with van der Waals surface area (Å²) >= 11 is 0. The van der Waals surface area contributed by atoms with E-state index in [1.54, 1.807) is 6.92 Å². The summed E-state index contributed by atoms with van der Waals surface area (Å²) in [6.07, 6.45) is -0.384. The van der Waals surface area contributed by atoms with Crippen molar-refractivity contribution in [2.45, 2.75) is 31.8 Å². The quantitative estimate of drug-likeness (QED) is 0.517. The molecule has 1 saturated heterocycles. The number of nitrogens with zero attached hydrogens (tertiary/aromatic N) is 2. The minimum Gasteiger partial charge on any atom is -0.390 e. The molecular weight excluding hydrogens is 287 g/mol. The summed E-state index contributed by atoms with van der Waals surface area (Å²) in [5.74, 6) is 0.165. The van der Waals surface area contributed by atoms with Crippen molar-refractivity contribution in [3.8, 4) is 0 Å². The van der Waals surface area contributed by atoms with Crippen LogP contribution in [0, 0.1) is 6.92 Å². The van der Waals surface area contributed by atoms with Crippen molar-refractivity contribution in [1.29, 1.82) is 0 Å². The highest BCUT2D eigenvalue weighted by Crippen LogP contribution is 2.30. The van der Waals surface area contributed by atoms with E-state index in [1.807, 2.05) is 0 Å². The van der Waals surface area contributed by atoms with Crippen molar-refractivity contribution in [3.05, 3.63) is 22.2 Å². The molecule has 1 fully saturated rings. The molecule has 0 amide bonds. The zero-order valence-electron chi connectivity index (χ0n) is 10.8. The molecule has 0 saturated carbocycles. The van der Waals surface area contributed by atoms with Crippen molar-refractivity contribution in [3.63, 3.8) is 0 Å². The number of nitrogen functional groups attached to an aromatic ring is 1. The Morgan fingerprint density at radius 3 is 3.05 bits per heavy atom. The number of ether oxygens (including phenoxy) is 1. The first-order chi connectivity index (χ1) is 9.38. The number of aryl methyl sites for hydroxylation is 1. The molecule has 0 spiro atoms. The molecule has 0 bridgehead atoms. The van der Waals surface area contributed by atoms with Gasteiger partial charge in [0, 0.05) is 18.2 Å². The third-order valence-corrected chi connectivity index (χ3v) is 3.47. The number of rotatable bonds is 4. The number of nitrogens with two attached hydrogens (primary N) is 2. The van der Waals surface area contributed by atoms with Crippen molar-refractivity contribution >= 4 is 14.3 Å². The summed E-state index contributed by atoms with van der Waals surface area (Å²) in [6.45, 7) is 1.67.